The molecule has 0 unspecified atom stereocenters. The summed E-state index contributed by atoms with van der Waals surface area (Å²) in [7, 11) is -2.59. The van der Waals surface area contributed by atoms with Crippen LogP contribution in [0.4, 0.5) is 4.79 Å². The molecule has 3 amide bonds. The Morgan fingerprint density at radius 1 is 1.02 bits per heavy atom. The molecule has 1 saturated carbocycles. The van der Waals surface area contributed by atoms with Crippen LogP contribution in [0.2, 0.25) is 0 Å². The van der Waals surface area contributed by atoms with Crippen LogP contribution in [0.5, 0.6) is 5.75 Å². The highest BCUT2D eigenvalue weighted by atomic mass is 127. The molecule has 2 aromatic carbocycles. The van der Waals surface area contributed by atoms with Crippen LogP contribution in [-0.4, -0.2) is 64.6 Å². The van der Waals surface area contributed by atoms with Crippen molar-refractivity contribution in [2.75, 3.05) is 20.2 Å². The Morgan fingerprint density at radius 2 is 1.73 bits per heavy atom. The van der Waals surface area contributed by atoms with Gasteiger partial charge in [-0.25, -0.2) is 17.9 Å². The van der Waals surface area contributed by atoms with Gasteiger partial charge in [0.15, 0.2) is 5.96 Å². The van der Waals surface area contributed by atoms with E-state index in [0.717, 1.165) is 9.13 Å². The van der Waals surface area contributed by atoms with Gasteiger partial charge in [0.1, 0.15) is 11.9 Å². The standard InChI is InChI=1S/C29H39IN6O7S/c1-42-25-14-7-20(30)18-24(25)27(38)33-17-15-19-5-12-23(13-6-19)44(40,41)36-29(39)35-21-8-10-22(11-9-21)43-26(37)4-2-3-16-34-28(31)32/h5-7,12-14,18,21-22H,2-4,8-11,15-17H2,1H3,(H,33,38)(H4,31,32,34)(H2,35,36,39). The lowest BCUT2D eigenvalue weighted by molar-refractivity contribution is -0.150. The molecule has 3 rings (SSSR count). The molecule has 2 aromatic rings. The molecule has 15 heteroatoms. The molecule has 0 atom stereocenters. The van der Waals surface area contributed by atoms with Gasteiger partial charge in [0.2, 0.25) is 0 Å². The largest absolute Gasteiger partial charge is 0.496 e. The summed E-state index contributed by atoms with van der Waals surface area (Å²) in [5.41, 5.74) is 11.8. The lowest BCUT2D eigenvalue weighted by Gasteiger charge is -2.28. The number of carbonyl (C=O) groups excluding carboxylic acids is 3. The van der Waals surface area contributed by atoms with Gasteiger partial charge >= 0.3 is 12.0 Å². The number of nitrogens with two attached hydrogens (primary N) is 2. The van der Waals surface area contributed by atoms with Crippen LogP contribution in [-0.2, 0) is 26.0 Å². The molecule has 0 aliphatic heterocycles. The van der Waals surface area contributed by atoms with E-state index in [2.05, 4.69) is 42.9 Å². The van der Waals surface area contributed by atoms with Crippen molar-refractivity contribution in [3.05, 3.63) is 57.2 Å². The summed E-state index contributed by atoms with van der Waals surface area (Å²) in [5, 5.41) is 5.54. The summed E-state index contributed by atoms with van der Waals surface area (Å²) in [6, 6.07) is 10.4. The molecule has 0 radical (unpaired) electrons. The second-order valence-electron chi connectivity index (χ2n) is 10.3. The van der Waals surface area contributed by atoms with Crippen molar-refractivity contribution >= 4 is 56.5 Å². The van der Waals surface area contributed by atoms with Gasteiger partial charge in [-0.2, -0.15) is 0 Å². The third kappa shape index (κ3) is 11.5. The Hall–Kier alpha value is -3.60. The summed E-state index contributed by atoms with van der Waals surface area (Å²) in [6.07, 6.45) is 4.05. The number of benzene rings is 2. The number of methoxy groups -OCH3 is 1. The molecular weight excluding hydrogens is 703 g/mol. The Labute approximate surface area is 271 Å². The van der Waals surface area contributed by atoms with Gasteiger partial charge in [-0.15, -0.1) is 0 Å². The fourth-order valence-electron chi connectivity index (χ4n) is 4.66. The first kappa shape index (κ1) is 34.9. The second-order valence-corrected chi connectivity index (χ2v) is 13.2. The minimum atomic E-state index is -4.09. The summed E-state index contributed by atoms with van der Waals surface area (Å²) < 4.78 is 39.3. The minimum Gasteiger partial charge on any atom is -0.496 e. The number of hydrogen-bond donors (Lipinski definition) is 5. The Balaban J connectivity index is 1.38. The highest BCUT2D eigenvalue weighted by Crippen LogP contribution is 2.23. The Morgan fingerprint density at radius 3 is 2.39 bits per heavy atom. The number of esters is 1. The zero-order chi connectivity index (χ0) is 32.1. The number of rotatable bonds is 14. The van der Waals surface area contributed by atoms with E-state index in [-0.39, 0.29) is 41.3 Å². The van der Waals surface area contributed by atoms with Crippen molar-refractivity contribution in [1.82, 2.24) is 15.4 Å². The van der Waals surface area contributed by atoms with Crippen molar-refractivity contribution in [3.8, 4) is 5.75 Å². The SMILES string of the molecule is COc1ccc(I)cc1C(=O)NCCc1ccc(S(=O)(=O)NC(=O)NC2CCC(OC(=O)CCCCN=C(N)N)CC2)cc1. The van der Waals surface area contributed by atoms with Crippen LogP contribution >= 0.6 is 22.6 Å². The molecule has 7 N–H and O–H groups in total. The number of nitrogens with zero attached hydrogens (tertiary/aromatic N) is 1. The zero-order valence-electron chi connectivity index (χ0n) is 24.5. The van der Waals surface area contributed by atoms with Crippen LogP contribution in [0.25, 0.3) is 0 Å². The smallest absolute Gasteiger partial charge is 0.328 e. The van der Waals surface area contributed by atoms with E-state index in [9.17, 15) is 22.8 Å². The van der Waals surface area contributed by atoms with Crippen molar-refractivity contribution in [2.24, 2.45) is 16.5 Å². The average molecular weight is 743 g/mol. The minimum absolute atomic E-state index is 0.0229. The number of unbranched alkanes of at least 4 members (excludes halogenated alkanes) is 1. The lowest BCUT2D eigenvalue weighted by atomic mass is 9.93. The molecule has 0 aromatic heterocycles. The topological polar surface area (TPSA) is 204 Å². The van der Waals surface area contributed by atoms with Gasteiger partial charge in [-0.05, 0) is 103 Å². The maximum Gasteiger partial charge on any atom is 0.328 e. The second kappa shape index (κ2) is 17.0. The van der Waals surface area contributed by atoms with Gasteiger partial charge in [-0.1, -0.05) is 12.1 Å². The number of nitrogens with one attached hydrogen (secondary N) is 3. The predicted octanol–water partition coefficient (Wildman–Crippen LogP) is 2.56. The first-order valence-electron chi connectivity index (χ1n) is 14.3. The van der Waals surface area contributed by atoms with E-state index in [0.29, 0.717) is 69.3 Å². The maximum atomic E-state index is 12.8. The van der Waals surface area contributed by atoms with Crippen molar-refractivity contribution in [3.63, 3.8) is 0 Å². The van der Waals surface area contributed by atoms with Gasteiger partial charge in [-0.3, -0.25) is 14.6 Å². The number of urea groups is 1. The molecule has 1 fully saturated rings. The first-order chi connectivity index (χ1) is 21.0. The summed E-state index contributed by atoms with van der Waals surface area (Å²) in [4.78, 5) is 40.9. The predicted molar refractivity (Wildman–Crippen MR) is 174 cm³/mol. The van der Waals surface area contributed by atoms with Crippen LogP contribution < -0.4 is 31.6 Å². The Bertz CT molecular complexity index is 1420. The van der Waals surface area contributed by atoms with Crippen LogP contribution in [0.3, 0.4) is 0 Å². The molecule has 0 spiro atoms. The van der Waals surface area contributed by atoms with E-state index >= 15 is 0 Å². The molecule has 1 aliphatic carbocycles. The monoisotopic (exact) mass is 742 g/mol. The van der Waals surface area contributed by atoms with E-state index in [1.165, 1.54) is 19.2 Å². The fraction of sp³-hybridized carbons (Fsp3) is 0.448. The van der Waals surface area contributed by atoms with Crippen LogP contribution in [0, 0.1) is 3.57 Å². The summed E-state index contributed by atoms with van der Waals surface area (Å²) in [5.74, 6) is -0.0496. The highest BCUT2D eigenvalue weighted by Gasteiger charge is 2.26. The normalized spacial score (nSPS) is 16.3. The first-order valence-corrected chi connectivity index (χ1v) is 16.8. The highest BCUT2D eigenvalue weighted by molar-refractivity contribution is 14.1. The van der Waals surface area contributed by atoms with E-state index in [4.69, 9.17) is 20.9 Å². The number of sulfonamides is 1. The number of guanidine groups is 1. The third-order valence-electron chi connectivity index (χ3n) is 6.96. The number of amides is 3. The number of hydrogen-bond acceptors (Lipinski definition) is 8. The average Bonchev–Trinajstić information content (AvgIpc) is 2.97. The molecule has 44 heavy (non-hydrogen) atoms. The van der Waals surface area contributed by atoms with Gasteiger partial charge in [0, 0.05) is 29.1 Å². The molecule has 0 heterocycles. The zero-order valence-corrected chi connectivity index (χ0v) is 27.5. The van der Waals surface area contributed by atoms with Crippen molar-refractivity contribution < 1.29 is 32.3 Å². The molecule has 240 valence electrons. The van der Waals surface area contributed by atoms with E-state index < -0.39 is 16.1 Å². The molecular formula is C29H39IN6O7S. The molecule has 0 bridgehead atoms. The molecule has 13 nitrogen and oxygen atoms in total. The number of carbonyl (C=O) groups is 3. The van der Waals surface area contributed by atoms with E-state index in [1.807, 2.05) is 6.07 Å². The Kier molecular flexibility index (Phi) is 13.5. The van der Waals surface area contributed by atoms with Gasteiger partial charge < -0.3 is 31.6 Å². The fourth-order valence-corrected chi connectivity index (χ4v) is 6.07. The van der Waals surface area contributed by atoms with Crippen molar-refractivity contribution in [1.29, 1.82) is 0 Å². The van der Waals surface area contributed by atoms with Crippen LogP contribution in [0.15, 0.2) is 52.4 Å². The lowest BCUT2D eigenvalue weighted by Crippen LogP contribution is -2.46. The number of halogens is 1. The van der Waals surface area contributed by atoms with Crippen molar-refractivity contribution in [2.45, 2.75) is 68.4 Å². The summed E-state index contributed by atoms with van der Waals surface area (Å²) >= 11 is 2.12. The maximum absolute atomic E-state index is 12.8. The van der Waals surface area contributed by atoms with E-state index in [1.54, 1.807) is 24.3 Å². The quantitative estimate of drug-likeness (QED) is 0.0634. The number of aliphatic imine (C=N–C) groups is 1. The molecule has 1 aliphatic rings. The van der Waals surface area contributed by atoms with Gasteiger partial charge in [0.05, 0.1) is 17.6 Å². The number of ether oxygens (including phenoxy) is 2. The van der Waals surface area contributed by atoms with Crippen LogP contribution in [0.1, 0.15) is 60.9 Å². The van der Waals surface area contributed by atoms with Gasteiger partial charge in [0.25, 0.3) is 15.9 Å². The third-order valence-corrected chi connectivity index (χ3v) is 8.97. The summed E-state index contributed by atoms with van der Waals surface area (Å²) in [6.45, 7) is 0.796. The molecule has 0 saturated heterocycles.